The normalized spacial score (nSPS) is 10.7. The van der Waals surface area contributed by atoms with Gasteiger partial charge >= 0.3 is 0 Å². The maximum Gasteiger partial charge on any atom is 0.273 e. The van der Waals surface area contributed by atoms with Crippen molar-refractivity contribution in [2.24, 2.45) is 12.1 Å². The van der Waals surface area contributed by atoms with E-state index in [1.165, 1.54) is 6.20 Å². The van der Waals surface area contributed by atoms with Crippen molar-refractivity contribution in [2.45, 2.75) is 0 Å². The highest BCUT2D eigenvalue weighted by Crippen LogP contribution is 2.22. The predicted molar refractivity (Wildman–Crippen MR) is 107 cm³/mol. The van der Waals surface area contributed by atoms with E-state index in [2.05, 4.69) is 36.8 Å². The molecule has 0 aliphatic carbocycles. The van der Waals surface area contributed by atoms with Crippen molar-refractivity contribution in [3.8, 4) is 0 Å². The van der Waals surface area contributed by atoms with Crippen LogP contribution < -0.4 is 10.7 Å². The Labute approximate surface area is 164 Å². The smallest absolute Gasteiger partial charge is 0.273 e. The highest BCUT2D eigenvalue weighted by Gasteiger charge is 2.15. The second-order valence-electron chi connectivity index (χ2n) is 5.63. The molecular formula is C19H16BrN5O2. The molecule has 1 aromatic carbocycles. The third-order valence-corrected chi connectivity index (χ3v) is 4.24. The maximum absolute atomic E-state index is 12.5. The SMILES string of the molecule is Cn1cccc1/C=N/NC(=O)c1cc(Br)ccc1NC(=O)c1cccnc1. The summed E-state index contributed by atoms with van der Waals surface area (Å²) in [6.45, 7) is 0. The van der Waals surface area contributed by atoms with Gasteiger partial charge in [0.1, 0.15) is 0 Å². The molecule has 3 aromatic rings. The van der Waals surface area contributed by atoms with Crippen molar-refractivity contribution in [1.29, 1.82) is 0 Å². The molecule has 0 bridgehead atoms. The van der Waals surface area contributed by atoms with Crippen molar-refractivity contribution in [1.82, 2.24) is 15.0 Å². The lowest BCUT2D eigenvalue weighted by Gasteiger charge is -2.10. The minimum absolute atomic E-state index is 0.283. The number of aryl methyl sites for hydroxylation is 1. The quantitative estimate of drug-likeness (QED) is 0.485. The fraction of sp³-hybridized carbons (Fsp3) is 0.0526. The second-order valence-corrected chi connectivity index (χ2v) is 6.54. The Balaban J connectivity index is 1.77. The number of rotatable bonds is 5. The molecular weight excluding hydrogens is 410 g/mol. The Kier molecular flexibility index (Phi) is 5.77. The van der Waals surface area contributed by atoms with Gasteiger partial charge in [0.15, 0.2) is 0 Å². The number of amides is 2. The molecule has 0 unspecified atom stereocenters. The molecule has 2 aromatic heterocycles. The third-order valence-electron chi connectivity index (χ3n) is 3.75. The third kappa shape index (κ3) is 4.68. The van der Waals surface area contributed by atoms with Crippen molar-refractivity contribution >= 4 is 39.6 Å². The van der Waals surface area contributed by atoms with Crippen LogP contribution in [0.2, 0.25) is 0 Å². The monoisotopic (exact) mass is 425 g/mol. The zero-order valence-electron chi connectivity index (χ0n) is 14.4. The molecule has 136 valence electrons. The van der Waals surface area contributed by atoms with Crippen LogP contribution in [0.4, 0.5) is 5.69 Å². The van der Waals surface area contributed by atoms with E-state index in [1.807, 2.05) is 29.9 Å². The van der Waals surface area contributed by atoms with Crippen LogP contribution in [-0.4, -0.2) is 27.6 Å². The minimum Gasteiger partial charge on any atom is -0.350 e. The number of hydrogen-bond donors (Lipinski definition) is 2. The van der Waals surface area contributed by atoms with Crippen LogP contribution >= 0.6 is 15.9 Å². The Morgan fingerprint density at radius 3 is 2.74 bits per heavy atom. The van der Waals surface area contributed by atoms with E-state index in [-0.39, 0.29) is 11.5 Å². The van der Waals surface area contributed by atoms with Gasteiger partial charge in [0, 0.05) is 30.1 Å². The summed E-state index contributed by atoms with van der Waals surface area (Å²) in [7, 11) is 1.88. The molecule has 0 saturated carbocycles. The lowest BCUT2D eigenvalue weighted by molar-refractivity contribution is 0.0956. The Bertz CT molecular complexity index is 998. The van der Waals surface area contributed by atoms with Crippen molar-refractivity contribution in [2.75, 3.05) is 5.32 Å². The molecule has 0 aliphatic heterocycles. The number of aromatic nitrogens is 2. The van der Waals surface area contributed by atoms with Gasteiger partial charge in [-0.05, 0) is 42.5 Å². The van der Waals surface area contributed by atoms with Gasteiger partial charge in [-0.15, -0.1) is 0 Å². The number of hydrogen-bond acceptors (Lipinski definition) is 4. The molecule has 0 atom stereocenters. The molecule has 8 heteroatoms. The summed E-state index contributed by atoms with van der Waals surface area (Å²) in [6.07, 6.45) is 6.46. The van der Waals surface area contributed by atoms with Crippen LogP contribution in [0.1, 0.15) is 26.4 Å². The zero-order chi connectivity index (χ0) is 19.2. The highest BCUT2D eigenvalue weighted by molar-refractivity contribution is 9.10. The van der Waals surface area contributed by atoms with Crippen molar-refractivity contribution in [3.63, 3.8) is 0 Å². The number of carbonyl (C=O) groups excluding carboxylic acids is 2. The van der Waals surface area contributed by atoms with Crippen LogP contribution in [0, 0.1) is 0 Å². The molecule has 0 saturated heterocycles. The summed E-state index contributed by atoms with van der Waals surface area (Å²) in [4.78, 5) is 28.8. The van der Waals surface area contributed by atoms with Gasteiger partial charge in [-0.1, -0.05) is 15.9 Å². The summed E-state index contributed by atoms with van der Waals surface area (Å²) in [5, 5.41) is 6.71. The van der Waals surface area contributed by atoms with Crippen LogP contribution in [0.25, 0.3) is 0 Å². The summed E-state index contributed by atoms with van der Waals surface area (Å²) in [5.41, 5.74) is 4.37. The molecule has 27 heavy (non-hydrogen) atoms. The molecule has 7 nitrogen and oxygen atoms in total. The largest absolute Gasteiger partial charge is 0.350 e. The average molecular weight is 426 g/mol. The first-order valence-corrected chi connectivity index (χ1v) is 8.79. The fourth-order valence-electron chi connectivity index (χ4n) is 2.33. The summed E-state index contributed by atoms with van der Waals surface area (Å²) < 4.78 is 2.58. The number of halogens is 1. The summed E-state index contributed by atoms with van der Waals surface area (Å²) in [5.74, 6) is -0.796. The maximum atomic E-state index is 12.5. The highest BCUT2D eigenvalue weighted by atomic mass is 79.9. The van der Waals surface area contributed by atoms with Gasteiger partial charge < -0.3 is 9.88 Å². The van der Waals surface area contributed by atoms with E-state index >= 15 is 0 Å². The molecule has 0 radical (unpaired) electrons. The van der Waals surface area contributed by atoms with Crippen LogP contribution in [-0.2, 0) is 7.05 Å². The molecule has 2 heterocycles. The minimum atomic E-state index is -0.441. The lowest BCUT2D eigenvalue weighted by atomic mass is 10.1. The second kappa shape index (κ2) is 8.41. The van der Waals surface area contributed by atoms with E-state index < -0.39 is 5.91 Å². The number of nitrogens with one attached hydrogen (secondary N) is 2. The number of carbonyl (C=O) groups is 2. The van der Waals surface area contributed by atoms with Gasteiger partial charge in [0.05, 0.1) is 28.7 Å². The van der Waals surface area contributed by atoms with E-state index in [1.54, 1.807) is 42.7 Å². The van der Waals surface area contributed by atoms with Gasteiger partial charge in [0.2, 0.25) is 0 Å². The number of pyridine rings is 1. The lowest BCUT2D eigenvalue weighted by Crippen LogP contribution is -2.21. The first-order valence-electron chi connectivity index (χ1n) is 8.00. The van der Waals surface area contributed by atoms with E-state index in [4.69, 9.17) is 0 Å². The van der Waals surface area contributed by atoms with Crippen LogP contribution in [0.3, 0.4) is 0 Å². The molecule has 0 spiro atoms. The molecule has 0 fully saturated rings. The van der Waals surface area contributed by atoms with Gasteiger partial charge in [-0.3, -0.25) is 14.6 Å². The van der Waals surface area contributed by atoms with E-state index in [0.29, 0.717) is 15.7 Å². The Morgan fingerprint density at radius 1 is 1.19 bits per heavy atom. The van der Waals surface area contributed by atoms with E-state index in [0.717, 1.165) is 5.69 Å². The van der Waals surface area contributed by atoms with Gasteiger partial charge in [-0.25, -0.2) is 5.43 Å². The Hall–Kier alpha value is -3.26. The molecule has 0 aliphatic rings. The first-order chi connectivity index (χ1) is 13.0. The van der Waals surface area contributed by atoms with Crippen molar-refractivity contribution in [3.05, 3.63) is 82.3 Å². The standard InChI is InChI=1S/C19H16BrN5O2/c1-25-9-3-5-15(25)12-22-24-19(27)16-10-14(20)6-7-17(16)23-18(26)13-4-2-8-21-11-13/h2-12H,1H3,(H,23,26)(H,24,27)/b22-12+. The number of benzene rings is 1. The fourth-order valence-corrected chi connectivity index (χ4v) is 2.69. The molecule has 2 N–H and O–H groups in total. The summed E-state index contributed by atoms with van der Waals surface area (Å²) in [6, 6.07) is 12.1. The Morgan fingerprint density at radius 2 is 2.04 bits per heavy atom. The number of hydrazone groups is 1. The zero-order valence-corrected chi connectivity index (χ0v) is 16.0. The van der Waals surface area contributed by atoms with Crippen LogP contribution in [0.5, 0.6) is 0 Å². The molecule has 3 rings (SSSR count). The van der Waals surface area contributed by atoms with Gasteiger partial charge in [-0.2, -0.15) is 5.10 Å². The van der Waals surface area contributed by atoms with Crippen LogP contribution in [0.15, 0.2) is 70.6 Å². The van der Waals surface area contributed by atoms with Gasteiger partial charge in [0.25, 0.3) is 11.8 Å². The average Bonchev–Trinajstić information content (AvgIpc) is 3.08. The number of anilines is 1. The first kappa shape index (κ1) is 18.5. The predicted octanol–water partition coefficient (Wildman–Crippen LogP) is 3.20. The summed E-state index contributed by atoms with van der Waals surface area (Å²) >= 11 is 3.34. The molecule has 2 amide bonds. The van der Waals surface area contributed by atoms with Crippen molar-refractivity contribution < 1.29 is 9.59 Å². The topological polar surface area (TPSA) is 88.4 Å². The number of nitrogens with zero attached hydrogens (tertiary/aromatic N) is 3. The van der Waals surface area contributed by atoms with E-state index in [9.17, 15) is 9.59 Å².